The summed E-state index contributed by atoms with van der Waals surface area (Å²) in [4.78, 5) is 133. The number of hydrogen-bond acceptors (Lipinski definition) is 32. The molecule has 0 bridgehead atoms. The summed E-state index contributed by atoms with van der Waals surface area (Å²) < 4.78 is 64.2. The van der Waals surface area contributed by atoms with E-state index in [4.69, 9.17) is 86.4 Å². The number of benzene rings is 4. The second kappa shape index (κ2) is 60.6. The van der Waals surface area contributed by atoms with Gasteiger partial charge in [-0.2, -0.15) is 9.77 Å². The molecule has 0 saturated heterocycles. The number of H-pyrrole nitrogens is 1. The Morgan fingerprint density at radius 1 is 0.552 bits per heavy atom. The Balaban J connectivity index is 0.00000135. The lowest BCUT2D eigenvalue weighted by molar-refractivity contribution is -0.171. The molecule has 116 heavy (non-hydrogen) atoms. The molecule has 3 aromatic heterocycles. The van der Waals surface area contributed by atoms with Gasteiger partial charge in [-0.25, -0.2) is 58.3 Å². The van der Waals surface area contributed by atoms with E-state index in [9.17, 15) is 57.6 Å². The largest absolute Gasteiger partial charge is 0.490 e. The summed E-state index contributed by atoms with van der Waals surface area (Å²) in [5, 5.41) is 29.9. The number of aromatic hydroxyl groups is 1. The van der Waals surface area contributed by atoms with Crippen molar-refractivity contribution in [1.29, 1.82) is 5.41 Å². The molecule has 4 aromatic carbocycles. The third kappa shape index (κ3) is 48.2. The first-order chi connectivity index (χ1) is 55.1. The molecule has 44 heteroatoms. The van der Waals surface area contributed by atoms with Crippen LogP contribution in [0.3, 0.4) is 0 Å². The third-order valence-corrected chi connectivity index (χ3v) is 12.6. The number of halogens is 6. The number of aliphatic hydroxyl groups is 1. The molecule has 37 nitrogen and oxygen atoms in total. The third-order valence-electron chi connectivity index (χ3n) is 11.9. The van der Waals surface area contributed by atoms with E-state index in [-0.39, 0.29) is 70.9 Å². The number of carbonyl (C=O) groups is 9. The van der Waals surface area contributed by atoms with Crippen LogP contribution in [0.2, 0.25) is 15.5 Å². The number of nitrogens with one attached hydrogen (secondary N) is 2. The van der Waals surface area contributed by atoms with Crippen LogP contribution in [0, 0.1) is 5.41 Å². The number of ether oxygens (including phenoxy) is 12. The van der Waals surface area contributed by atoms with Crippen molar-refractivity contribution in [1.82, 2.24) is 29.9 Å². The van der Waals surface area contributed by atoms with Crippen LogP contribution in [0.5, 0.6) is 23.1 Å². The van der Waals surface area contributed by atoms with Gasteiger partial charge in [0.25, 0.3) is 17.5 Å². The molecule has 0 aliphatic carbocycles. The molecule has 0 spiro atoms. The smallest absolute Gasteiger partial charge is 0.482 e. The van der Waals surface area contributed by atoms with Gasteiger partial charge in [0.15, 0.2) is 70.0 Å². The summed E-state index contributed by atoms with van der Waals surface area (Å²) in [6, 6.07) is 38.4. The normalized spacial score (nSPS) is 10.2. The number of nitrogens with zero attached hydrogens (tertiary/aromatic N) is 7. The van der Waals surface area contributed by atoms with E-state index in [1.807, 2.05) is 140 Å². The van der Waals surface area contributed by atoms with Crippen molar-refractivity contribution < 1.29 is 125 Å². The van der Waals surface area contributed by atoms with E-state index in [0.717, 1.165) is 50.7 Å². The zero-order valence-electron chi connectivity index (χ0n) is 62.6. The number of ketones is 1. The van der Waals surface area contributed by atoms with Crippen molar-refractivity contribution in [2.45, 2.75) is 20.0 Å². The van der Waals surface area contributed by atoms with Crippen LogP contribution < -0.4 is 31.2 Å². The van der Waals surface area contributed by atoms with E-state index in [1.165, 1.54) is 20.3 Å². The van der Waals surface area contributed by atoms with Gasteiger partial charge in [-0.3, -0.25) is 19.6 Å². The zero-order chi connectivity index (χ0) is 87.6. The summed E-state index contributed by atoms with van der Waals surface area (Å²) in [7, 11) is 6.89. The summed E-state index contributed by atoms with van der Waals surface area (Å²) in [6.07, 6.45) is 12.1. The quantitative estimate of drug-likeness (QED) is 0.00264. The fourth-order valence-electron chi connectivity index (χ4n) is 6.95. The highest BCUT2D eigenvalue weighted by atomic mass is 36.0. The molecule has 7 aromatic rings. The second-order valence-corrected chi connectivity index (χ2v) is 28.0. The maximum Gasteiger partial charge on any atom is 0.482 e. The van der Waals surface area contributed by atoms with Crippen molar-refractivity contribution in [3.63, 3.8) is 0 Å². The molecule has 0 aliphatic rings. The van der Waals surface area contributed by atoms with Crippen molar-refractivity contribution in [3.05, 3.63) is 198 Å². The van der Waals surface area contributed by atoms with Gasteiger partial charge in [0.05, 0.1) is 48.8 Å². The maximum atomic E-state index is 11.7. The zero-order valence-corrected chi connectivity index (χ0v) is 68.1. The highest BCUT2D eigenvalue weighted by molar-refractivity contribution is 8.24. The number of esters is 7. The highest BCUT2D eigenvalue weighted by Gasteiger charge is 2.32. The number of carbonyl (C=O) groups excluding carboxylic acids is 8. The summed E-state index contributed by atoms with van der Waals surface area (Å²) in [5.74, 6) is -7.35. The molecule has 0 unspecified atom stereocenters. The molecule has 7 rings (SSSR count). The average molecular weight is 1760 g/mol. The Morgan fingerprint density at radius 3 is 1.31 bits per heavy atom. The van der Waals surface area contributed by atoms with Crippen LogP contribution in [0.1, 0.15) is 53.6 Å². The number of aliphatic hydroxyl groups excluding tert-OH is 1. The SMILES string of the molecule is CCOC(=O)CO.CCOC(=O)COc1c(N)nc(/C=C/c2ccccc2)nc1Cl.COC(=O)C(=[N+]=[N-])C(=O)OC.COC(=O)COc1c(Cl)nc(/C=C/c2ccccc2)nc1Cl.COCC(=O)COC(C(=O)OC)C(=O)OC.N=C(N)/C=C/c1ccccc1.O=C(O)COc1c(O)nc(/C=C/c2ccccc2)[nH]c1=O.O=P(Cl)(Cl)Cl. The number of carboxylic acid groups (broad SMARTS) is 1. The first kappa shape index (κ1) is 104. The molecule has 0 radical (unpaired) electrons. The minimum Gasteiger partial charge on any atom is -0.490 e. The highest BCUT2D eigenvalue weighted by Crippen LogP contribution is 2.61. The molecule has 624 valence electrons. The van der Waals surface area contributed by atoms with Gasteiger partial charge in [0.2, 0.25) is 5.75 Å². The minimum atomic E-state index is -3.22. The standard InChI is InChI=1S/C16H16ClN3O3.C15H12Cl2N2O3.C14H12N2O5.C9H10N2.C9H14O7.C5H6N2O4.C4H8O3.Cl3OP/c1-2-22-13(21)10-23-14-15(17)19-12(20-16(14)18)9-8-11-6-4-3-5-7-11;1-21-12(20)9-22-13-14(16)18-11(19-15(13)17)8-7-10-5-3-2-4-6-10;17-11(18)8-21-12-13(19)15-10(16-14(12)20)7-6-9-4-2-1-3-5-9;10-9(11)7-6-8-4-2-1-3-5-8;1-13-4-6(10)5-16-7(8(11)14-2)9(12)15-3;1-10-4(8)3(7-6)5(9)11-2;1-2-7-4(6)3-5;1-5(2,3)4/h3-9H,2,10H2,1H3,(H2,18,19,20);2-8H,9H2,1H3;1-7H,8H2,(H,17,18)(H2,15,16,19,20);1-7H,(H3,10,11);7H,4-5H2,1-3H3;1-2H3;5H,2-3H2,1H3;/b9-8+;8-7+;2*7-6+;;;;. The molecule has 3 heterocycles. The fraction of sp³-hybridized carbons (Fsp3) is 0.236. The lowest BCUT2D eigenvalue weighted by Gasteiger charge is -2.12. The number of Topliss-reactive ketones (excluding diaryl/α,β-unsaturated/α-hetero) is 1. The van der Waals surface area contributed by atoms with Gasteiger partial charge in [-0.15, -0.1) is 0 Å². The molecule has 0 saturated carbocycles. The van der Waals surface area contributed by atoms with Crippen molar-refractivity contribution in [2.24, 2.45) is 5.73 Å². The minimum absolute atomic E-state index is 0.0246. The summed E-state index contributed by atoms with van der Waals surface area (Å²) in [5.41, 5.74) is 21.5. The van der Waals surface area contributed by atoms with Crippen LogP contribution in [0.15, 0.2) is 132 Å². The van der Waals surface area contributed by atoms with E-state index < -0.39 is 108 Å². The number of methoxy groups -OCH3 is 6. The van der Waals surface area contributed by atoms with E-state index in [2.05, 4.69) is 106 Å². The van der Waals surface area contributed by atoms with E-state index >= 15 is 0 Å². The van der Waals surface area contributed by atoms with Gasteiger partial charge in [-0.05, 0) is 94.1 Å². The molecular formula is C72H78Cl6N11O26P. The average Bonchev–Trinajstić information content (AvgIpc) is 0.849. The van der Waals surface area contributed by atoms with Crippen LogP contribution >= 0.6 is 73.7 Å². The van der Waals surface area contributed by atoms with Gasteiger partial charge >= 0.3 is 58.7 Å². The van der Waals surface area contributed by atoms with Gasteiger partial charge < -0.3 is 94.1 Å². The summed E-state index contributed by atoms with van der Waals surface area (Å²) in [6.45, 7) is 1.52. The summed E-state index contributed by atoms with van der Waals surface area (Å²) >= 11 is 31.9. The number of nitrogens with two attached hydrogens (primary N) is 2. The number of rotatable bonds is 29. The van der Waals surface area contributed by atoms with Gasteiger partial charge in [-0.1, -0.05) is 180 Å². The Kier molecular flexibility index (Phi) is 54.3. The number of carboxylic acids is 1. The molecule has 0 atom stereocenters. The Labute approximate surface area is 691 Å². The monoisotopic (exact) mass is 1750 g/mol. The number of aromatic nitrogens is 6. The number of aliphatic carboxylic acids is 1. The molecule has 9 N–H and O–H groups in total. The maximum absolute atomic E-state index is 11.7. The van der Waals surface area contributed by atoms with Gasteiger partial charge in [0.1, 0.15) is 31.5 Å². The second-order valence-electron chi connectivity index (χ2n) is 20.3. The number of anilines is 1. The number of hydrogen-bond donors (Lipinski definition) is 7. The van der Waals surface area contributed by atoms with E-state index in [0.29, 0.717) is 18.3 Å². The molecule has 0 aliphatic heterocycles. The van der Waals surface area contributed by atoms with Crippen LogP contribution in [-0.2, 0) is 90.3 Å². The Hall–Kier alpha value is -12.0. The first-order valence-electron chi connectivity index (χ1n) is 32.2. The molecular weight excluding hydrogens is 1680 g/mol. The predicted molar refractivity (Wildman–Crippen MR) is 428 cm³/mol. The Bertz CT molecular complexity index is 4500. The number of nitrogen functional groups attached to an aromatic ring is 1. The van der Waals surface area contributed by atoms with Crippen molar-refractivity contribution in [3.8, 4) is 23.1 Å². The van der Waals surface area contributed by atoms with E-state index in [1.54, 1.807) is 38.2 Å². The van der Waals surface area contributed by atoms with Crippen LogP contribution in [0.4, 0.5) is 5.82 Å². The molecule has 0 fully saturated rings. The molecule has 0 amide bonds. The lowest BCUT2D eigenvalue weighted by Crippen LogP contribution is -2.36. The lowest BCUT2D eigenvalue weighted by atomic mass is 10.2. The topological polar surface area (TPSA) is 552 Å². The first-order valence-corrected chi connectivity index (χ1v) is 37.7. The van der Waals surface area contributed by atoms with Crippen LogP contribution in [-0.4, -0.2) is 217 Å². The number of amidine groups is 1. The number of aromatic amines is 1. The van der Waals surface area contributed by atoms with Gasteiger partial charge in [0, 0.05) is 7.11 Å². The van der Waals surface area contributed by atoms with Crippen molar-refractivity contribution in [2.75, 3.05) is 101 Å². The van der Waals surface area contributed by atoms with Crippen molar-refractivity contribution >= 4 is 187 Å². The predicted octanol–water partition coefficient (Wildman–Crippen LogP) is 9.36. The fourth-order valence-corrected chi connectivity index (χ4v) is 7.70. The van der Waals surface area contributed by atoms with Crippen LogP contribution in [0.25, 0.3) is 48.1 Å². The Morgan fingerprint density at radius 2 is 0.948 bits per heavy atom.